The number of amides is 1. The lowest BCUT2D eigenvalue weighted by atomic mass is 9.95. The zero-order valence-corrected chi connectivity index (χ0v) is 11.7. The van der Waals surface area contributed by atoms with E-state index >= 15 is 0 Å². The Hall–Kier alpha value is -1.50. The van der Waals surface area contributed by atoms with Gasteiger partial charge < -0.3 is 10.4 Å². The molecule has 0 saturated heterocycles. The van der Waals surface area contributed by atoms with Crippen molar-refractivity contribution in [2.24, 2.45) is 17.8 Å². The van der Waals surface area contributed by atoms with Crippen LogP contribution in [0.5, 0.6) is 0 Å². The average molecular weight is 265 g/mol. The minimum absolute atomic E-state index is 0.0485. The van der Waals surface area contributed by atoms with E-state index in [2.05, 4.69) is 11.2 Å². The molecule has 1 saturated carbocycles. The molecule has 4 unspecified atom stereocenters. The molecule has 4 heteroatoms. The van der Waals surface area contributed by atoms with Gasteiger partial charge in [0.15, 0.2) is 0 Å². The molecule has 0 aromatic rings. The van der Waals surface area contributed by atoms with Crippen molar-refractivity contribution in [2.75, 3.05) is 0 Å². The van der Waals surface area contributed by atoms with Gasteiger partial charge in [-0.05, 0) is 25.2 Å². The van der Waals surface area contributed by atoms with Gasteiger partial charge in [0.1, 0.15) is 0 Å². The fourth-order valence-electron chi connectivity index (χ4n) is 2.79. The number of terminal acetylenes is 1. The van der Waals surface area contributed by atoms with E-state index in [9.17, 15) is 14.7 Å². The summed E-state index contributed by atoms with van der Waals surface area (Å²) in [5.41, 5.74) is 0. The summed E-state index contributed by atoms with van der Waals surface area (Å²) in [6.45, 7) is 4.00. The van der Waals surface area contributed by atoms with E-state index in [0.29, 0.717) is 25.2 Å². The number of aliphatic carboxylic acids is 1. The smallest absolute Gasteiger partial charge is 0.307 e. The van der Waals surface area contributed by atoms with Crippen LogP contribution in [0.2, 0.25) is 0 Å². The van der Waals surface area contributed by atoms with Gasteiger partial charge in [0.05, 0.1) is 11.8 Å². The van der Waals surface area contributed by atoms with Crippen LogP contribution in [0.1, 0.15) is 46.0 Å². The van der Waals surface area contributed by atoms with Gasteiger partial charge in [-0.3, -0.25) is 9.59 Å². The number of hydrogen-bond donors (Lipinski definition) is 2. The van der Waals surface area contributed by atoms with Crippen molar-refractivity contribution in [3.05, 3.63) is 0 Å². The molecule has 0 spiro atoms. The molecular weight excluding hydrogens is 242 g/mol. The van der Waals surface area contributed by atoms with Crippen molar-refractivity contribution in [3.63, 3.8) is 0 Å². The first-order chi connectivity index (χ1) is 9.03. The van der Waals surface area contributed by atoms with Crippen LogP contribution in [0.4, 0.5) is 0 Å². The largest absolute Gasteiger partial charge is 0.481 e. The molecule has 0 aromatic carbocycles. The molecule has 0 heterocycles. The second kappa shape index (κ2) is 7.18. The van der Waals surface area contributed by atoms with Crippen LogP contribution < -0.4 is 5.32 Å². The third-order valence-corrected chi connectivity index (χ3v) is 4.09. The van der Waals surface area contributed by atoms with Gasteiger partial charge in [0, 0.05) is 12.5 Å². The van der Waals surface area contributed by atoms with E-state index in [4.69, 9.17) is 6.42 Å². The zero-order chi connectivity index (χ0) is 14.4. The van der Waals surface area contributed by atoms with Gasteiger partial charge in [0.2, 0.25) is 5.91 Å². The lowest BCUT2D eigenvalue weighted by Crippen LogP contribution is -2.41. The zero-order valence-electron chi connectivity index (χ0n) is 11.7. The topological polar surface area (TPSA) is 66.4 Å². The molecule has 1 aliphatic rings. The summed E-state index contributed by atoms with van der Waals surface area (Å²) in [5, 5.41) is 12.1. The van der Waals surface area contributed by atoms with E-state index in [0.717, 1.165) is 12.8 Å². The summed E-state index contributed by atoms with van der Waals surface area (Å²) in [7, 11) is 0. The standard InChI is InChI=1S/C15H23NO3/c1-4-7-11(6-3)16-14(17)12-8-10(5-2)9-13(12)15(18)19/h1,10-13H,5-9H2,2-3H3,(H,16,17)(H,18,19). The predicted molar refractivity (Wildman–Crippen MR) is 73.3 cm³/mol. The van der Waals surface area contributed by atoms with Crippen LogP contribution in [0.3, 0.4) is 0 Å². The molecule has 19 heavy (non-hydrogen) atoms. The maximum atomic E-state index is 12.2. The Morgan fingerprint density at radius 2 is 2.00 bits per heavy atom. The molecule has 0 radical (unpaired) electrons. The number of carboxylic acids is 1. The van der Waals surface area contributed by atoms with Crippen molar-refractivity contribution >= 4 is 11.9 Å². The monoisotopic (exact) mass is 265 g/mol. The van der Waals surface area contributed by atoms with Crippen molar-refractivity contribution in [3.8, 4) is 12.3 Å². The van der Waals surface area contributed by atoms with Gasteiger partial charge in [-0.2, -0.15) is 0 Å². The Kier molecular flexibility index (Phi) is 5.88. The highest BCUT2D eigenvalue weighted by molar-refractivity contribution is 5.85. The minimum atomic E-state index is -0.860. The SMILES string of the molecule is C#CCC(CC)NC(=O)C1CC(CC)CC1C(=O)O. The van der Waals surface area contributed by atoms with Crippen LogP contribution in [0.25, 0.3) is 0 Å². The van der Waals surface area contributed by atoms with E-state index in [1.54, 1.807) is 0 Å². The fraction of sp³-hybridized carbons (Fsp3) is 0.733. The van der Waals surface area contributed by atoms with Gasteiger partial charge in [-0.15, -0.1) is 12.3 Å². The van der Waals surface area contributed by atoms with Crippen LogP contribution in [-0.4, -0.2) is 23.0 Å². The number of hydrogen-bond acceptors (Lipinski definition) is 2. The number of carbonyl (C=O) groups is 2. The van der Waals surface area contributed by atoms with Crippen molar-refractivity contribution in [2.45, 2.75) is 52.0 Å². The first kappa shape index (κ1) is 15.6. The summed E-state index contributed by atoms with van der Waals surface area (Å²) >= 11 is 0. The highest BCUT2D eigenvalue weighted by atomic mass is 16.4. The summed E-state index contributed by atoms with van der Waals surface area (Å²) in [6, 6.07) is -0.0485. The van der Waals surface area contributed by atoms with Gasteiger partial charge in [0.25, 0.3) is 0 Å². The van der Waals surface area contributed by atoms with E-state index in [1.807, 2.05) is 13.8 Å². The maximum Gasteiger partial charge on any atom is 0.307 e. The molecule has 0 bridgehead atoms. The number of rotatable bonds is 6. The number of carboxylic acid groups (broad SMARTS) is 1. The Morgan fingerprint density at radius 1 is 1.37 bits per heavy atom. The van der Waals surface area contributed by atoms with Crippen molar-refractivity contribution in [1.29, 1.82) is 0 Å². The Morgan fingerprint density at radius 3 is 2.47 bits per heavy atom. The van der Waals surface area contributed by atoms with Gasteiger partial charge in [-0.1, -0.05) is 20.3 Å². The third kappa shape index (κ3) is 3.99. The second-order valence-electron chi connectivity index (χ2n) is 5.32. The lowest BCUT2D eigenvalue weighted by molar-refractivity contribution is -0.146. The quantitative estimate of drug-likeness (QED) is 0.722. The molecule has 2 N–H and O–H groups in total. The van der Waals surface area contributed by atoms with E-state index < -0.39 is 17.8 Å². The first-order valence-corrected chi connectivity index (χ1v) is 7.00. The van der Waals surface area contributed by atoms with Gasteiger partial charge in [-0.25, -0.2) is 0 Å². The predicted octanol–water partition coefficient (Wildman–Crippen LogP) is 2.04. The number of nitrogens with one attached hydrogen (secondary N) is 1. The molecule has 0 aliphatic heterocycles. The van der Waals surface area contributed by atoms with Crippen LogP contribution >= 0.6 is 0 Å². The first-order valence-electron chi connectivity index (χ1n) is 7.00. The fourth-order valence-corrected chi connectivity index (χ4v) is 2.79. The molecular formula is C15H23NO3. The summed E-state index contributed by atoms with van der Waals surface area (Å²) in [4.78, 5) is 23.5. The Labute approximate surface area is 115 Å². The molecule has 4 nitrogen and oxygen atoms in total. The summed E-state index contributed by atoms with van der Waals surface area (Å²) in [6.07, 6.45) is 8.71. The van der Waals surface area contributed by atoms with Crippen molar-refractivity contribution < 1.29 is 14.7 Å². The summed E-state index contributed by atoms with van der Waals surface area (Å²) in [5.74, 6) is 0.911. The van der Waals surface area contributed by atoms with E-state index in [-0.39, 0.29) is 11.9 Å². The van der Waals surface area contributed by atoms with Crippen LogP contribution in [-0.2, 0) is 9.59 Å². The molecule has 1 fully saturated rings. The highest BCUT2D eigenvalue weighted by Crippen LogP contribution is 2.38. The average Bonchev–Trinajstić information content (AvgIpc) is 2.82. The lowest BCUT2D eigenvalue weighted by Gasteiger charge is -2.20. The third-order valence-electron chi connectivity index (χ3n) is 4.09. The van der Waals surface area contributed by atoms with Gasteiger partial charge >= 0.3 is 5.97 Å². The second-order valence-corrected chi connectivity index (χ2v) is 5.32. The molecule has 106 valence electrons. The molecule has 4 atom stereocenters. The van der Waals surface area contributed by atoms with Crippen molar-refractivity contribution in [1.82, 2.24) is 5.32 Å². The normalized spacial score (nSPS) is 27.5. The Bertz CT molecular complexity index is 372. The molecule has 1 rings (SSSR count). The van der Waals surface area contributed by atoms with E-state index in [1.165, 1.54) is 0 Å². The minimum Gasteiger partial charge on any atom is -0.481 e. The highest BCUT2D eigenvalue weighted by Gasteiger charge is 2.42. The molecule has 0 aromatic heterocycles. The Balaban J connectivity index is 2.68. The van der Waals surface area contributed by atoms with Crippen LogP contribution in [0.15, 0.2) is 0 Å². The maximum absolute atomic E-state index is 12.2. The molecule has 1 aliphatic carbocycles. The molecule has 1 amide bonds. The van der Waals surface area contributed by atoms with Crippen LogP contribution in [0, 0.1) is 30.1 Å². The number of carbonyl (C=O) groups excluding carboxylic acids is 1. The summed E-state index contributed by atoms with van der Waals surface area (Å²) < 4.78 is 0.